The molecule has 0 spiro atoms. The molecule has 0 unspecified atom stereocenters. The lowest BCUT2D eigenvalue weighted by Gasteiger charge is -2.15. The first kappa shape index (κ1) is 22.8. The van der Waals surface area contributed by atoms with Crippen LogP contribution in [0.1, 0.15) is 39.2 Å². The van der Waals surface area contributed by atoms with Gasteiger partial charge in [0.1, 0.15) is 29.1 Å². The van der Waals surface area contributed by atoms with Crippen LogP contribution in [0.25, 0.3) is 11.2 Å². The molecule has 0 amide bonds. The summed E-state index contributed by atoms with van der Waals surface area (Å²) in [7, 11) is 0. The number of rotatable bonds is 5. The van der Waals surface area contributed by atoms with Crippen molar-refractivity contribution >= 4 is 22.8 Å². The molecule has 1 aromatic carbocycles. The summed E-state index contributed by atoms with van der Waals surface area (Å²) in [4.78, 5) is 11.9. The topological polar surface area (TPSA) is 98.7 Å². The average Bonchev–Trinajstić information content (AvgIpc) is 3.47. The number of aliphatic hydroxyl groups is 1. The van der Waals surface area contributed by atoms with Gasteiger partial charge in [-0.05, 0) is 29.7 Å². The van der Waals surface area contributed by atoms with Crippen molar-refractivity contribution < 1.29 is 24.1 Å². The number of aromatic nitrogens is 3. The summed E-state index contributed by atoms with van der Waals surface area (Å²) < 4.78 is 23.0. The lowest BCUT2D eigenvalue weighted by molar-refractivity contribution is 0.00706. The molecule has 172 valence electrons. The van der Waals surface area contributed by atoms with Gasteiger partial charge in [-0.15, -0.1) is 0 Å². The van der Waals surface area contributed by atoms with E-state index in [0.29, 0.717) is 34.5 Å². The molecular weight excluding hydrogens is 434 g/mol. The standard InChI is InChI=1S/C21H22ClN3O5.C2H6/c1-10(2)11-4-3-5-12(6-11)29-20-13(22)7-14-19(24-20)25-21(23-14)30-16-9-28-17-15(26)8-27-18(16)17;1-2/h3-7,10,15-18,26H,8-9H2,1-2H3,(H,23,24,25);1-2H3/t15-,16-,17-,18-;/m1./s1. The number of pyridine rings is 1. The van der Waals surface area contributed by atoms with Crippen LogP contribution in [-0.4, -0.2) is 57.7 Å². The van der Waals surface area contributed by atoms with E-state index in [1.54, 1.807) is 6.07 Å². The van der Waals surface area contributed by atoms with Crippen molar-refractivity contribution in [3.05, 3.63) is 40.9 Å². The fraction of sp³-hybridized carbons (Fsp3) is 0.478. The van der Waals surface area contributed by atoms with Gasteiger partial charge in [0.15, 0.2) is 11.8 Å². The molecule has 2 fully saturated rings. The van der Waals surface area contributed by atoms with Gasteiger partial charge in [0.05, 0.1) is 18.7 Å². The molecule has 2 saturated heterocycles. The highest BCUT2D eigenvalue weighted by Crippen LogP contribution is 2.33. The van der Waals surface area contributed by atoms with Crippen LogP contribution in [0.5, 0.6) is 17.6 Å². The monoisotopic (exact) mass is 461 g/mol. The van der Waals surface area contributed by atoms with Gasteiger partial charge in [-0.2, -0.15) is 9.97 Å². The van der Waals surface area contributed by atoms with Crippen molar-refractivity contribution in [3.8, 4) is 17.6 Å². The number of ether oxygens (including phenoxy) is 4. The zero-order valence-electron chi connectivity index (χ0n) is 18.5. The minimum atomic E-state index is -0.631. The second-order valence-corrected chi connectivity index (χ2v) is 8.24. The van der Waals surface area contributed by atoms with E-state index in [1.165, 1.54) is 0 Å². The Morgan fingerprint density at radius 1 is 1.12 bits per heavy atom. The minimum Gasteiger partial charge on any atom is -0.456 e. The molecule has 8 nitrogen and oxygen atoms in total. The van der Waals surface area contributed by atoms with E-state index in [-0.39, 0.29) is 36.8 Å². The van der Waals surface area contributed by atoms with Crippen LogP contribution in [0.15, 0.2) is 30.3 Å². The molecule has 0 bridgehead atoms. The molecule has 0 aliphatic carbocycles. The maximum atomic E-state index is 9.86. The molecule has 2 aliphatic rings. The summed E-state index contributed by atoms with van der Waals surface area (Å²) in [5.41, 5.74) is 2.21. The van der Waals surface area contributed by atoms with E-state index in [9.17, 15) is 5.11 Å². The highest BCUT2D eigenvalue weighted by atomic mass is 35.5. The van der Waals surface area contributed by atoms with Crippen LogP contribution in [0.2, 0.25) is 5.02 Å². The van der Waals surface area contributed by atoms with Crippen molar-refractivity contribution in [2.24, 2.45) is 0 Å². The normalized spacial score (nSPS) is 24.3. The number of nitrogens with one attached hydrogen (secondary N) is 1. The number of benzene rings is 1. The molecule has 32 heavy (non-hydrogen) atoms. The number of aromatic amines is 1. The predicted molar refractivity (Wildman–Crippen MR) is 121 cm³/mol. The van der Waals surface area contributed by atoms with E-state index in [1.807, 2.05) is 32.0 Å². The number of halogens is 1. The number of hydrogen-bond acceptors (Lipinski definition) is 7. The van der Waals surface area contributed by atoms with Gasteiger partial charge in [-0.1, -0.05) is 51.4 Å². The second-order valence-electron chi connectivity index (χ2n) is 7.84. The minimum absolute atomic E-state index is 0.241. The summed E-state index contributed by atoms with van der Waals surface area (Å²) in [6.07, 6.45) is -1.68. The third-order valence-corrected chi connectivity index (χ3v) is 5.63. The quantitative estimate of drug-likeness (QED) is 0.578. The fourth-order valence-corrected chi connectivity index (χ4v) is 3.93. The van der Waals surface area contributed by atoms with E-state index in [4.69, 9.17) is 30.5 Å². The number of nitrogens with zero attached hydrogens (tertiary/aromatic N) is 2. The van der Waals surface area contributed by atoms with Gasteiger partial charge in [0.25, 0.3) is 6.01 Å². The Bertz CT molecular complexity index is 1070. The molecule has 2 aliphatic heterocycles. The van der Waals surface area contributed by atoms with E-state index in [0.717, 1.165) is 5.56 Å². The Labute approximate surface area is 191 Å². The SMILES string of the molecule is CC.CC(C)c1cccc(Oc2nc3nc(O[C@@H]4CO[C@H]5[C@@H]4OC[C@H]5O)[nH]c3cc2Cl)c1. The first-order valence-corrected chi connectivity index (χ1v) is 11.3. The molecule has 0 radical (unpaired) electrons. The van der Waals surface area contributed by atoms with Gasteiger partial charge in [0.2, 0.25) is 5.88 Å². The van der Waals surface area contributed by atoms with Gasteiger partial charge in [-0.25, -0.2) is 0 Å². The molecule has 9 heteroatoms. The first-order valence-electron chi connectivity index (χ1n) is 10.9. The van der Waals surface area contributed by atoms with Crippen molar-refractivity contribution in [3.63, 3.8) is 0 Å². The maximum Gasteiger partial charge on any atom is 0.296 e. The lowest BCUT2D eigenvalue weighted by Crippen LogP contribution is -2.34. The molecular formula is C23H28ClN3O5. The number of fused-ring (bicyclic) bond motifs is 2. The largest absolute Gasteiger partial charge is 0.456 e. The maximum absolute atomic E-state index is 9.86. The summed E-state index contributed by atoms with van der Waals surface area (Å²) >= 11 is 6.38. The van der Waals surface area contributed by atoms with Crippen molar-refractivity contribution in [1.29, 1.82) is 0 Å². The summed E-state index contributed by atoms with van der Waals surface area (Å²) in [6.45, 7) is 8.80. The number of imidazole rings is 1. The number of aliphatic hydroxyl groups excluding tert-OH is 1. The Balaban J connectivity index is 0.00000119. The van der Waals surface area contributed by atoms with Crippen molar-refractivity contribution in [2.75, 3.05) is 13.2 Å². The highest BCUT2D eigenvalue weighted by molar-refractivity contribution is 6.32. The Morgan fingerprint density at radius 2 is 1.91 bits per heavy atom. The smallest absolute Gasteiger partial charge is 0.296 e. The molecule has 2 aromatic heterocycles. The van der Waals surface area contributed by atoms with Crippen LogP contribution >= 0.6 is 11.6 Å². The van der Waals surface area contributed by atoms with Gasteiger partial charge < -0.3 is 29.0 Å². The first-order chi connectivity index (χ1) is 15.5. The van der Waals surface area contributed by atoms with Crippen molar-refractivity contribution in [1.82, 2.24) is 15.0 Å². The fourth-order valence-electron chi connectivity index (χ4n) is 3.74. The lowest BCUT2D eigenvalue weighted by atomic mass is 10.0. The summed E-state index contributed by atoms with van der Waals surface area (Å²) in [6, 6.07) is 9.81. The molecule has 3 aromatic rings. The van der Waals surface area contributed by atoms with Gasteiger partial charge >= 0.3 is 0 Å². The van der Waals surface area contributed by atoms with Gasteiger partial charge in [-0.3, -0.25) is 0 Å². The van der Waals surface area contributed by atoms with Crippen molar-refractivity contribution in [2.45, 2.75) is 58.0 Å². The van der Waals surface area contributed by atoms with Crippen LogP contribution < -0.4 is 9.47 Å². The third kappa shape index (κ3) is 4.54. The van der Waals surface area contributed by atoms with Crippen LogP contribution in [-0.2, 0) is 9.47 Å². The molecule has 2 N–H and O–H groups in total. The average molecular weight is 462 g/mol. The third-order valence-electron chi connectivity index (χ3n) is 5.36. The zero-order valence-corrected chi connectivity index (χ0v) is 19.3. The van der Waals surface area contributed by atoms with Crippen LogP contribution in [0, 0.1) is 0 Å². The van der Waals surface area contributed by atoms with E-state index in [2.05, 4.69) is 34.9 Å². The molecule has 5 rings (SSSR count). The highest BCUT2D eigenvalue weighted by Gasteiger charge is 2.48. The second kappa shape index (κ2) is 9.62. The van der Waals surface area contributed by atoms with E-state index < -0.39 is 6.10 Å². The Kier molecular flexibility index (Phi) is 6.85. The van der Waals surface area contributed by atoms with Crippen LogP contribution in [0.4, 0.5) is 0 Å². The molecule has 4 heterocycles. The number of H-pyrrole nitrogens is 1. The predicted octanol–water partition coefficient (Wildman–Crippen LogP) is 4.46. The molecule has 0 saturated carbocycles. The summed E-state index contributed by atoms with van der Waals surface area (Å²) in [5.74, 6) is 1.32. The Morgan fingerprint density at radius 3 is 2.69 bits per heavy atom. The molecule has 4 atom stereocenters. The number of hydrogen-bond donors (Lipinski definition) is 2. The van der Waals surface area contributed by atoms with Crippen LogP contribution in [0.3, 0.4) is 0 Å². The van der Waals surface area contributed by atoms with Gasteiger partial charge in [0, 0.05) is 0 Å². The zero-order chi connectivity index (χ0) is 22.8. The van der Waals surface area contributed by atoms with E-state index >= 15 is 0 Å². The Hall–Kier alpha value is -2.39. The summed E-state index contributed by atoms with van der Waals surface area (Å²) in [5, 5.41) is 10.2.